The monoisotopic (exact) mass is 292 g/mol. The minimum Gasteiger partial charge on any atom is -0.497 e. The first kappa shape index (κ1) is 15.6. The van der Waals surface area contributed by atoms with Gasteiger partial charge in [-0.3, -0.25) is 9.89 Å². The third-order valence-corrected chi connectivity index (χ3v) is 3.56. The third-order valence-electron chi connectivity index (χ3n) is 3.56. The number of nitrogens with one attached hydrogen (secondary N) is 1. The Morgan fingerprint density at radius 3 is 2.67 bits per heavy atom. The maximum absolute atomic E-state index is 5.92. The number of anilines is 1. The van der Waals surface area contributed by atoms with E-state index in [2.05, 4.69) is 22.1 Å². The van der Waals surface area contributed by atoms with E-state index in [9.17, 15) is 0 Å². The molecule has 2 rings (SSSR count). The van der Waals surface area contributed by atoms with Crippen LogP contribution in [0.1, 0.15) is 6.92 Å². The summed E-state index contributed by atoms with van der Waals surface area (Å²) >= 11 is 0. The van der Waals surface area contributed by atoms with Gasteiger partial charge in [0.2, 0.25) is 0 Å². The van der Waals surface area contributed by atoms with Crippen molar-refractivity contribution in [1.82, 2.24) is 4.90 Å². The topological polar surface area (TPSA) is 72.1 Å². The molecular formula is C15H24N4O2. The van der Waals surface area contributed by atoms with E-state index in [0.717, 1.165) is 37.7 Å². The average Bonchev–Trinajstić information content (AvgIpc) is 2.54. The molecule has 0 radical (unpaired) electrons. The number of aliphatic imine (C=N–C) groups is 1. The lowest BCUT2D eigenvalue weighted by atomic mass is 10.2. The number of hydrogen-bond donors (Lipinski definition) is 2. The Balaban J connectivity index is 1.82. The number of nitrogens with zero attached hydrogens (tertiary/aromatic N) is 2. The summed E-state index contributed by atoms with van der Waals surface area (Å²) in [4.78, 5) is 6.78. The molecule has 0 saturated carbocycles. The largest absolute Gasteiger partial charge is 0.497 e. The molecule has 1 atom stereocenters. The van der Waals surface area contributed by atoms with Crippen molar-refractivity contribution >= 4 is 11.6 Å². The lowest BCUT2D eigenvalue weighted by Crippen LogP contribution is -2.43. The molecule has 0 amide bonds. The molecule has 1 aliphatic rings. The summed E-state index contributed by atoms with van der Waals surface area (Å²) in [6.45, 7) is 6.36. The summed E-state index contributed by atoms with van der Waals surface area (Å²) < 4.78 is 10.5. The molecule has 0 spiro atoms. The van der Waals surface area contributed by atoms with Crippen LogP contribution in [0.4, 0.5) is 5.69 Å². The van der Waals surface area contributed by atoms with Gasteiger partial charge in [-0.15, -0.1) is 0 Å². The van der Waals surface area contributed by atoms with Crippen molar-refractivity contribution < 1.29 is 9.47 Å². The van der Waals surface area contributed by atoms with Gasteiger partial charge in [0.1, 0.15) is 5.75 Å². The van der Waals surface area contributed by atoms with Gasteiger partial charge in [-0.1, -0.05) is 0 Å². The summed E-state index contributed by atoms with van der Waals surface area (Å²) in [6.07, 6.45) is 0. The van der Waals surface area contributed by atoms with E-state index in [1.807, 2.05) is 24.3 Å². The Morgan fingerprint density at radius 2 is 2.05 bits per heavy atom. The highest BCUT2D eigenvalue weighted by Gasteiger charge is 2.16. The average molecular weight is 292 g/mol. The van der Waals surface area contributed by atoms with Crippen LogP contribution in [0, 0.1) is 0 Å². The van der Waals surface area contributed by atoms with Gasteiger partial charge in [0.25, 0.3) is 0 Å². The van der Waals surface area contributed by atoms with E-state index in [1.54, 1.807) is 7.11 Å². The summed E-state index contributed by atoms with van der Waals surface area (Å²) in [5.41, 5.74) is 6.82. The first-order valence-electron chi connectivity index (χ1n) is 7.22. The number of benzene rings is 1. The van der Waals surface area contributed by atoms with Gasteiger partial charge in [0.15, 0.2) is 5.96 Å². The van der Waals surface area contributed by atoms with E-state index in [0.29, 0.717) is 18.5 Å². The van der Waals surface area contributed by atoms with E-state index in [-0.39, 0.29) is 0 Å². The Kier molecular flexibility index (Phi) is 5.83. The summed E-state index contributed by atoms with van der Waals surface area (Å²) in [5, 5.41) is 3.08. The van der Waals surface area contributed by atoms with Gasteiger partial charge in [0.05, 0.1) is 26.9 Å². The Bertz CT molecular complexity index is 455. The number of rotatable bonds is 5. The molecule has 3 N–H and O–H groups in total. The van der Waals surface area contributed by atoms with Crippen molar-refractivity contribution in [3.8, 4) is 5.75 Å². The lowest BCUT2D eigenvalue weighted by molar-refractivity contribution is 0.0221. The second-order valence-corrected chi connectivity index (χ2v) is 5.08. The zero-order valence-corrected chi connectivity index (χ0v) is 12.7. The third kappa shape index (κ3) is 4.91. The molecule has 0 aliphatic carbocycles. The van der Waals surface area contributed by atoms with Crippen molar-refractivity contribution in [2.24, 2.45) is 10.7 Å². The van der Waals surface area contributed by atoms with Crippen LogP contribution in [-0.4, -0.2) is 56.9 Å². The van der Waals surface area contributed by atoms with Crippen LogP contribution in [0.25, 0.3) is 0 Å². The zero-order valence-electron chi connectivity index (χ0n) is 12.7. The second-order valence-electron chi connectivity index (χ2n) is 5.08. The van der Waals surface area contributed by atoms with Gasteiger partial charge >= 0.3 is 0 Å². The highest BCUT2D eigenvalue weighted by atomic mass is 16.5. The molecular weight excluding hydrogens is 268 g/mol. The minimum absolute atomic E-state index is 0.366. The smallest absolute Gasteiger partial charge is 0.193 e. The first-order chi connectivity index (χ1) is 10.2. The first-order valence-corrected chi connectivity index (χ1v) is 7.22. The molecule has 1 aromatic rings. The maximum atomic E-state index is 5.92. The predicted octanol–water partition coefficient (Wildman–Crippen LogP) is 1.14. The van der Waals surface area contributed by atoms with E-state index >= 15 is 0 Å². The molecule has 1 heterocycles. The van der Waals surface area contributed by atoms with Crippen LogP contribution < -0.4 is 15.8 Å². The van der Waals surface area contributed by atoms with E-state index in [4.69, 9.17) is 15.2 Å². The molecule has 1 aromatic carbocycles. The number of ether oxygens (including phenoxy) is 2. The number of hydrogen-bond acceptors (Lipinski definition) is 4. The molecule has 1 aliphatic heterocycles. The number of morpholine rings is 1. The summed E-state index contributed by atoms with van der Waals surface area (Å²) in [7, 11) is 1.64. The fourth-order valence-electron chi connectivity index (χ4n) is 2.23. The zero-order chi connectivity index (χ0) is 15.1. The molecule has 0 aromatic heterocycles. The van der Waals surface area contributed by atoms with Crippen LogP contribution in [0.5, 0.6) is 5.75 Å². The molecule has 1 saturated heterocycles. The number of nitrogens with two attached hydrogens (primary N) is 1. The van der Waals surface area contributed by atoms with Gasteiger partial charge < -0.3 is 20.5 Å². The molecule has 1 unspecified atom stereocenters. The molecule has 116 valence electrons. The Morgan fingerprint density at radius 1 is 1.38 bits per heavy atom. The van der Waals surface area contributed by atoms with Crippen LogP contribution >= 0.6 is 0 Å². The van der Waals surface area contributed by atoms with Gasteiger partial charge in [-0.05, 0) is 31.2 Å². The molecule has 0 bridgehead atoms. The molecule has 1 fully saturated rings. The van der Waals surface area contributed by atoms with Crippen molar-refractivity contribution in [2.45, 2.75) is 13.0 Å². The fourth-order valence-corrected chi connectivity index (χ4v) is 2.23. The van der Waals surface area contributed by atoms with Crippen molar-refractivity contribution in [3.63, 3.8) is 0 Å². The second kappa shape index (κ2) is 7.85. The van der Waals surface area contributed by atoms with Crippen molar-refractivity contribution in [1.29, 1.82) is 0 Å². The van der Waals surface area contributed by atoms with Crippen LogP contribution in [0.3, 0.4) is 0 Å². The van der Waals surface area contributed by atoms with Crippen molar-refractivity contribution in [3.05, 3.63) is 24.3 Å². The molecule has 21 heavy (non-hydrogen) atoms. The van der Waals surface area contributed by atoms with Gasteiger partial charge in [0, 0.05) is 24.8 Å². The normalized spacial score (nSPS) is 18.3. The van der Waals surface area contributed by atoms with E-state index in [1.165, 1.54) is 0 Å². The van der Waals surface area contributed by atoms with Crippen molar-refractivity contribution in [2.75, 3.05) is 45.3 Å². The van der Waals surface area contributed by atoms with Crippen LogP contribution in [0.15, 0.2) is 29.3 Å². The number of methoxy groups -OCH3 is 1. The quantitative estimate of drug-likeness (QED) is 0.629. The Labute approximate surface area is 125 Å². The highest BCUT2D eigenvalue weighted by molar-refractivity contribution is 5.92. The highest BCUT2D eigenvalue weighted by Crippen LogP contribution is 2.14. The minimum atomic E-state index is 0.366. The van der Waals surface area contributed by atoms with Crippen LogP contribution in [0.2, 0.25) is 0 Å². The molecule has 6 heteroatoms. The van der Waals surface area contributed by atoms with Gasteiger partial charge in [-0.2, -0.15) is 0 Å². The predicted molar refractivity (Wildman–Crippen MR) is 85.0 cm³/mol. The summed E-state index contributed by atoms with van der Waals surface area (Å²) in [6, 6.07) is 7.95. The maximum Gasteiger partial charge on any atom is 0.193 e. The SMILES string of the molecule is COc1ccc(NC(N)=NCC(C)N2CCOCC2)cc1. The lowest BCUT2D eigenvalue weighted by Gasteiger charge is -2.31. The number of guanidine groups is 1. The van der Waals surface area contributed by atoms with Gasteiger partial charge in [-0.25, -0.2) is 0 Å². The Hall–Kier alpha value is -1.79. The molecule has 6 nitrogen and oxygen atoms in total. The van der Waals surface area contributed by atoms with E-state index < -0.39 is 0 Å². The van der Waals surface area contributed by atoms with Crippen LogP contribution in [-0.2, 0) is 4.74 Å². The fraction of sp³-hybridized carbons (Fsp3) is 0.533. The summed E-state index contributed by atoms with van der Waals surface area (Å²) in [5.74, 6) is 1.25. The standard InChI is InChI=1S/C15H24N4O2/c1-12(19-7-9-21-10-8-19)11-17-15(16)18-13-3-5-14(20-2)6-4-13/h3-6,12H,7-11H2,1-2H3,(H3,16,17,18).